The summed E-state index contributed by atoms with van der Waals surface area (Å²) in [7, 11) is 0. The molecule has 2 heterocycles. The number of thiophene rings is 1. The number of rotatable bonds is 3. The fourth-order valence-electron chi connectivity index (χ4n) is 1.67. The topological polar surface area (TPSA) is 65.9 Å². The molecule has 2 aromatic rings. The molecule has 2 aromatic heterocycles. The van der Waals surface area contributed by atoms with Gasteiger partial charge in [-0.3, -0.25) is 0 Å². The number of aromatic amines is 1. The first-order valence-corrected chi connectivity index (χ1v) is 6.24. The van der Waals surface area contributed by atoms with Crippen LogP contribution in [0.4, 0.5) is 0 Å². The fourth-order valence-corrected chi connectivity index (χ4v) is 2.72. The van der Waals surface area contributed by atoms with Crippen LogP contribution in [-0.2, 0) is 11.2 Å². The SMILES string of the molecule is CCOC(=O)c1[nH]c2cc(CC)sc2c1C#N. The summed E-state index contributed by atoms with van der Waals surface area (Å²) in [5.41, 5.74) is 1.49. The van der Waals surface area contributed by atoms with Gasteiger partial charge < -0.3 is 9.72 Å². The fraction of sp³-hybridized carbons (Fsp3) is 0.333. The smallest absolute Gasteiger partial charge is 0.356 e. The summed E-state index contributed by atoms with van der Waals surface area (Å²) in [6.07, 6.45) is 0.923. The number of fused-ring (bicyclic) bond motifs is 1. The van der Waals surface area contributed by atoms with Gasteiger partial charge in [0.2, 0.25) is 0 Å². The normalized spacial score (nSPS) is 10.4. The number of nitriles is 1. The van der Waals surface area contributed by atoms with E-state index in [-0.39, 0.29) is 5.69 Å². The third kappa shape index (κ3) is 1.92. The number of aryl methyl sites for hydroxylation is 1. The van der Waals surface area contributed by atoms with Gasteiger partial charge in [-0.25, -0.2) is 4.79 Å². The van der Waals surface area contributed by atoms with E-state index < -0.39 is 5.97 Å². The molecule has 0 aliphatic heterocycles. The Labute approximate surface area is 103 Å². The van der Waals surface area contributed by atoms with E-state index in [1.807, 2.05) is 6.07 Å². The van der Waals surface area contributed by atoms with Gasteiger partial charge in [0, 0.05) is 4.88 Å². The van der Waals surface area contributed by atoms with Crippen LogP contribution >= 0.6 is 11.3 Å². The van der Waals surface area contributed by atoms with Crippen molar-refractivity contribution in [3.05, 3.63) is 22.2 Å². The van der Waals surface area contributed by atoms with Gasteiger partial charge in [0.25, 0.3) is 0 Å². The molecular weight excluding hydrogens is 236 g/mol. The van der Waals surface area contributed by atoms with Crippen LogP contribution < -0.4 is 0 Å². The Morgan fingerprint density at radius 3 is 2.94 bits per heavy atom. The lowest BCUT2D eigenvalue weighted by molar-refractivity contribution is 0.0520. The van der Waals surface area contributed by atoms with Gasteiger partial charge in [0.05, 0.1) is 16.8 Å². The second-order valence-electron chi connectivity index (χ2n) is 3.52. The van der Waals surface area contributed by atoms with Gasteiger partial charge >= 0.3 is 5.97 Å². The second kappa shape index (κ2) is 4.60. The third-order valence-corrected chi connectivity index (χ3v) is 3.76. The van der Waals surface area contributed by atoms with Crippen molar-refractivity contribution in [2.24, 2.45) is 0 Å². The van der Waals surface area contributed by atoms with Gasteiger partial charge in [-0.15, -0.1) is 11.3 Å². The van der Waals surface area contributed by atoms with Gasteiger partial charge in [-0.1, -0.05) is 6.92 Å². The van der Waals surface area contributed by atoms with Gasteiger partial charge in [0.1, 0.15) is 17.3 Å². The minimum absolute atomic E-state index is 0.262. The highest BCUT2D eigenvalue weighted by molar-refractivity contribution is 7.19. The van der Waals surface area contributed by atoms with Crippen molar-refractivity contribution in [1.82, 2.24) is 4.98 Å². The molecule has 0 saturated heterocycles. The zero-order valence-corrected chi connectivity index (χ0v) is 10.5. The highest BCUT2D eigenvalue weighted by atomic mass is 32.1. The molecule has 0 radical (unpaired) electrons. The summed E-state index contributed by atoms with van der Waals surface area (Å²) in [5.74, 6) is -0.467. The molecule has 4 nitrogen and oxygen atoms in total. The Morgan fingerprint density at radius 1 is 1.59 bits per heavy atom. The van der Waals surface area contributed by atoms with E-state index in [9.17, 15) is 4.79 Å². The van der Waals surface area contributed by atoms with E-state index in [2.05, 4.69) is 18.0 Å². The zero-order chi connectivity index (χ0) is 12.4. The van der Waals surface area contributed by atoms with Crippen LogP contribution in [0.15, 0.2) is 6.07 Å². The Balaban J connectivity index is 2.55. The summed E-state index contributed by atoms with van der Waals surface area (Å²) >= 11 is 1.54. The molecular formula is C12H12N2O2S. The Morgan fingerprint density at radius 2 is 2.35 bits per heavy atom. The van der Waals surface area contributed by atoms with Crippen LogP contribution in [0.5, 0.6) is 0 Å². The number of carbonyl (C=O) groups is 1. The van der Waals surface area contributed by atoms with E-state index in [1.165, 1.54) is 4.88 Å². The van der Waals surface area contributed by atoms with E-state index in [0.717, 1.165) is 16.6 Å². The molecule has 5 heteroatoms. The van der Waals surface area contributed by atoms with E-state index >= 15 is 0 Å². The quantitative estimate of drug-likeness (QED) is 0.849. The lowest BCUT2D eigenvalue weighted by atomic mass is 10.2. The second-order valence-corrected chi connectivity index (χ2v) is 4.65. The number of hydrogen-bond donors (Lipinski definition) is 1. The maximum absolute atomic E-state index is 11.6. The molecule has 2 rings (SSSR count). The lowest BCUT2D eigenvalue weighted by Gasteiger charge is -1.98. The minimum atomic E-state index is -0.467. The number of nitrogens with one attached hydrogen (secondary N) is 1. The van der Waals surface area contributed by atoms with Crippen molar-refractivity contribution in [2.45, 2.75) is 20.3 Å². The zero-order valence-electron chi connectivity index (χ0n) is 9.66. The molecule has 1 N–H and O–H groups in total. The monoisotopic (exact) mass is 248 g/mol. The molecule has 0 fully saturated rings. The van der Waals surface area contributed by atoms with Crippen LogP contribution in [0.2, 0.25) is 0 Å². The van der Waals surface area contributed by atoms with E-state index in [1.54, 1.807) is 18.3 Å². The van der Waals surface area contributed by atoms with Crippen molar-refractivity contribution in [3.63, 3.8) is 0 Å². The first kappa shape index (κ1) is 11.7. The van der Waals surface area contributed by atoms with Gasteiger partial charge in [-0.2, -0.15) is 5.26 Å². The maximum Gasteiger partial charge on any atom is 0.356 e. The summed E-state index contributed by atoms with van der Waals surface area (Å²) in [4.78, 5) is 15.8. The number of hydrogen-bond acceptors (Lipinski definition) is 4. The number of ether oxygens (including phenoxy) is 1. The number of H-pyrrole nitrogens is 1. The average molecular weight is 248 g/mol. The molecule has 0 atom stereocenters. The predicted molar refractivity (Wildman–Crippen MR) is 66.2 cm³/mol. The Kier molecular flexibility index (Phi) is 3.16. The highest BCUT2D eigenvalue weighted by Crippen LogP contribution is 2.31. The summed E-state index contributed by atoms with van der Waals surface area (Å²) in [5, 5.41) is 9.13. The van der Waals surface area contributed by atoms with Gasteiger partial charge in [0.15, 0.2) is 0 Å². The molecule has 0 saturated carbocycles. The lowest BCUT2D eigenvalue weighted by Crippen LogP contribution is -2.06. The van der Waals surface area contributed by atoms with Crippen LogP contribution in [0.25, 0.3) is 10.2 Å². The molecule has 17 heavy (non-hydrogen) atoms. The van der Waals surface area contributed by atoms with E-state index in [0.29, 0.717) is 12.2 Å². The molecule has 0 spiro atoms. The number of nitrogens with zero attached hydrogens (tertiary/aromatic N) is 1. The van der Waals surface area contributed by atoms with Crippen molar-refractivity contribution in [1.29, 1.82) is 5.26 Å². The van der Waals surface area contributed by atoms with E-state index in [4.69, 9.17) is 10.00 Å². The molecule has 0 aliphatic rings. The van der Waals surface area contributed by atoms with Gasteiger partial charge in [-0.05, 0) is 19.4 Å². The molecule has 0 bridgehead atoms. The van der Waals surface area contributed by atoms with Crippen molar-refractivity contribution < 1.29 is 9.53 Å². The molecule has 0 amide bonds. The Hall–Kier alpha value is -1.80. The van der Waals surface area contributed by atoms with Crippen LogP contribution in [0, 0.1) is 11.3 Å². The number of esters is 1. The first-order chi connectivity index (χ1) is 8.21. The summed E-state index contributed by atoms with van der Waals surface area (Å²) < 4.78 is 5.75. The van der Waals surface area contributed by atoms with Crippen LogP contribution in [-0.4, -0.2) is 17.6 Å². The average Bonchev–Trinajstić information content (AvgIpc) is 2.85. The van der Waals surface area contributed by atoms with Crippen LogP contribution in [0.3, 0.4) is 0 Å². The number of carbonyl (C=O) groups excluding carboxylic acids is 1. The minimum Gasteiger partial charge on any atom is -0.461 e. The molecule has 0 aliphatic carbocycles. The molecule has 0 unspecified atom stereocenters. The summed E-state index contributed by atoms with van der Waals surface area (Å²) in [6.45, 7) is 4.10. The predicted octanol–water partition coefficient (Wildman–Crippen LogP) is 2.84. The highest BCUT2D eigenvalue weighted by Gasteiger charge is 2.20. The van der Waals surface area contributed by atoms with Crippen molar-refractivity contribution >= 4 is 27.5 Å². The Bertz CT molecular complexity index is 604. The van der Waals surface area contributed by atoms with Crippen molar-refractivity contribution in [3.8, 4) is 6.07 Å². The maximum atomic E-state index is 11.6. The summed E-state index contributed by atoms with van der Waals surface area (Å²) in [6, 6.07) is 4.05. The van der Waals surface area contributed by atoms with Crippen LogP contribution in [0.1, 0.15) is 34.8 Å². The third-order valence-electron chi connectivity index (χ3n) is 2.46. The molecule has 0 aromatic carbocycles. The standard InChI is InChI=1S/C12H12N2O2S/c1-3-7-5-9-11(17-7)8(6-13)10(14-9)12(15)16-4-2/h5,14H,3-4H2,1-2H3. The number of aromatic nitrogens is 1. The largest absolute Gasteiger partial charge is 0.461 e. The molecule has 88 valence electrons. The van der Waals surface area contributed by atoms with Crippen molar-refractivity contribution in [2.75, 3.05) is 6.61 Å². The first-order valence-electron chi connectivity index (χ1n) is 5.42.